The molecule has 0 atom stereocenters. The van der Waals surface area contributed by atoms with Crippen LogP contribution in [0.5, 0.6) is 0 Å². The van der Waals surface area contributed by atoms with Crippen LogP contribution < -0.4 is 5.43 Å². The van der Waals surface area contributed by atoms with Crippen molar-refractivity contribution >= 4 is 28.8 Å². The second-order valence-corrected chi connectivity index (χ2v) is 7.74. The fourth-order valence-electron chi connectivity index (χ4n) is 3.29. The molecule has 1 aliphatic carbocycles. The van der Waals surface area contributed by atoms with Crippen LogP contribution in [0.3, 0.4) is 0 Å². The lowest BCUT2D eigenvalue weighted by Gasteiger charge is -2.17. The minimum Gasteiger partial charge on any atom is -0.462 e. The van der Waals surface area contributed by atoms with Gasteiger partial charge < -0.3 is 9.30 Å². The van der Waals surface area contributed by atoms with Crippen LogP contribution in [-0.4, -0.2) is 22.1 Å². The minimum absolute atomic E-state index is 0.0362. The van der Waals surface area contributed by atoms with Crippen LogP contribution >= 0.6 is 11.8 Å². The molecule has 0 amide bonds. The SMILES string of the molecule is CCOC(=O)c1c(C)n(C2CC2)c2nc(Sc3ccccc3)c(F)cc2c1=O. The Hall–Kier alpha value is -2.67. The largest absolute Gasteiger partial charge is 0.462 e. The smallest absolute Gasteiger partial charge is 0.343 e. The summed E-state index contributed by atoms with van der Waals surface area (Å²) < 4.78 is 21.7. The van der Waals surface area contributed by atoms with Crippen LogP contribution in [0.1, 0.15) is 41.9 Å². The van der Waals surface area contributed by atoms with Gasteiger partial charge in [0.15, 0.2) is 5.82 Å². The van der Waals surface area contributed by atoms with Gasteiger partial charge in [0.05, 0.1) is 12.0 Å². The van der Waals surface area contributed by atoms with Crippen LogP contribution in [0.4, 0.5) is 4.39 Å². The molecule has 0 saturated heterocycles. The van der Waals surface area contributed by atoms with Gasteiger partial charge in [-0.15, -0.1) is 0 Å². The highest BCUT2D eigenvalue weighted by molar-refractivity contribution is 7.99. The van der Waals surface area contributed by atoms with Crippen molar-refractivity contribution in [3.8, 4) is 0 Å². The zero-order chi connectivity index (χ0) is 19.8. The molecule has 0 radical (unpaired) electrons. The molecule has 2 heterocycles. The normalized spacial score (nSPS) is 13.7. The van der Waals surface area contributed by atoms with E-state index >= 15 is 0 Å². The molecule has 144 valence electrons. The number of aromatic nitrogens is 2. The molecule has 1 aromatic carbocycles. The molecule has 3 aromatic rings. The Morgan fingerprint density at radius 1 is 1.32 bits per heavy atom. The summed E-state index contributed by atoms with van der Waals surface area (Å²) in [4.78, 5) is 30.7. The maximum atomic E-state index is 14.8. The van der Waals surface area contributed by atoms with Crippen molar-refractivity contribution in [1.82, 2.24) is 9.55 Å². The van der Waals surface area contributed by atoms with Gasteiger partial charge in [-0.2, -0.15) is 0 Å². The molecular formula is C21H19FN2O3S. The number of benzene rings is 1. The summed E-state index contributed by atoms with van der Waals surface area (Å²) in [5.41, 5.74) is 0.363. The van der Waals surface area contributed by atoms with Gasteiger partial charge in [0.25, 0.3) is 0 Å². The van der Waals surface area contributed by atoms with E-state index in [-0.39, 0.29) is 28.6 Å². The van der Waals surface area contributed by atoms with Crippen molar-refractivity contribution in [3.05, 3.63) is 63.7 Å². The lowest BCUT2D eigenvalue weighted by Crippen LogP contribution is -2.25. The number of hydrogen-bond acceptors (Lipinski definition) is 5. The summed E-state index contributed by atoms with van der Waals surface area (Å²) >= 11 is 1.21. The first-order valence-corrected chi connectivity index (χ1v) is 9.98. The molecule has 1 aliphatic rings. The number of esters is 1. The van der Waals surface area contributed by atoms with E-state index in [0.717, 1.165) is 17.7 Å². The summed E-state index contributed by atoms with van der Waals surface area (Å²) in [7, 11) is 0. The number of carbonyl (C=O) groups excluding carboxylic acids is 1. The third-order valence-corrected chi connectivity index (χ3v) is 5.68. The van der Waals surface area contributed by atoms with Gasteiger partial charge in [-0.1, -0.05) is 30.0 Å². The van der Waals surface area contributed by atoms with E-state index in [4.69, 9.17) is 4.74 Å². The van der Waals surface area contributed by atoms with Gasteiger partial charge in [-0.05, 0) is 44.9 Å². The fourth-order valence-corrected chi connectivity index (χ4v) is 4.09. The van der Waals surface area contributed by atoms with E-state index in [1.54, 1.807) is 13.8 Å². The standard InChI is InChI=1S/C21H19FN2O3S/c1-3-27-21(26)17-12(2)24(13-9-10-13)19-15(18(17)25)11-16(22)20(23-19)28-14-7-5-4-6-8-14/h4-8,11,13H,3,9-10H2,1-2H3. The quantitative estimate of drug-likeness (QED) is 0.592. The minimum atomic E-state index is -0.676. The van der Waals surface area contributed by atoms with Crippen molar-refractivity contribution < 1.29 is 13.9 Å². The lowest BCUT2D eigenvalue weighted by molar-refractivity contribution is 0.0523. The zero-order valence-corrected chi connectivity index (χ0v) is 16.4. The average molecular weight is 398 g/mol. The molecule has 1 fully saturated rings. The van der Waals surface area contributed by atoms with Crippen LogP contribution in [0, 0.1) is 12.7 Å². The van der Waals surface area contributed by atoms with Gasteiger partial charge in [-0.3, -0.25) is 4.79 Å². The van der Waals surface area contributed by atoms with Gasteiger partial charge in [0.2, 0.25) is 5.43 Å². The van der Waals surface area contributed by atoms with Gasteiger partial charge in [-0.25, -0.2) is 14.2 Å². The highest BCUT2D eigenvalue weighted by Crippen LogP contribution is 2.39. The first kappa shape index (κ1) is 18.7. The summed E-state index contributed by atoms with van der Waals surface area (Å²) in [6.07, 6.45) is 1.86. The Morgan fingerprint density at radius 2 is 2.04 bits per heavy atom. The number of halogens is 1. The molecule has 1 saturated carbocycles. The average Bonchev–Trinajstić information content (AvgIpc) is 3.49. The molecule has 0 unspecified atom stereocenters. The van der Waals surface area contributed by atoms with E-state index in [2.05, 4.69) is 4.98 Å². The van der Waals surface area contributed by atoms with Crippen molar-refractivity contribution in [3.63, 3.8) is 0 Å². The van der Waals surface area contributed by atoms with Gasteiger partial charge in [0.1, 0.15) is 16.2 Å². The first-order chi connectivity index (χ1) is 13.5. The molecule has 0 N–H and O–H groups in total. The zero-order valence-electron chi connectivity index (χ0n) is 15.6. The number of fused-ring (bicyclic) bond motifs is 1. The van der Waals surface area contributed by atoms with E-state index in [1.165, 1.54) is 17.8 Å². The molecular weight excluding hydrogens is 379 g/mol. The van der Waals surface area contributed by atoms with Gasteiger partial charge >= 0.3 is 5.97 Å². The Kier molecular flexibility index (Phi) is 4.93. The number of carbonyl (C=O) groups is 1. The lowest BCUT2D eigenvalue weighted by atomic mass is 10.1. The third kappa shape index (κ3) is 3.30. The van der Waals surface area contributed by atoms with Crippen LogP contribution in [0.2, 0.25) is 0 Å². The predicted octanol–water partition coefficient (Wildman–Crippen LogP) is 4.51. The molecule has 28 heavy (non-hydrogen) atoms. The maximum Gasteiger partial charge on any atom is 0.343 e. The summed E-state index contributed by atoms with van der Waals surface area (Å²) in [5.74, 6) is -1.26. The predicted molar refractivity (Wildman–Crippen MR) is 105 cm³/mol. The molecule has 0 spiro atoms. The number of nitrogens with zero attached hydrogens (tertiary/aromatic N) is 2. The summed E-state index contributed by atoms with van der Waals surface area (Å²) in [6.45, 7) is 3.57. The van der Waals surface area contributed by atoms with Crippen molar-refractivity contribution in [2.24, 2.45) is 0 Å². The van der Waals surface area contributed by atoms with E-state index in [0.29, 0.717) is 11.3 Å². The molecule has 5 nitrogen and oxygen atoms in total. The van der Waals surface area contributed by atoms with E-state index in [1.807, 2.05) is 34.9 Å². The highest BCUT2D eigenvalue weighted by Gasteiger charge is 2.31. The third-order valence-electron chi connectivity index (χ3n) is 4.70. The maximum absolute atomic E-state index is 14.8. The second kappa shape index (κ2) is 7.39. The van der Waals surface area contributed by atoms with Crippen LogP contribution in [-0.2, 0) is 4.74 Å². The molecule has 2 aromatic heterocycles. The number of rotatable bonds is 5. The first-order valence-electron chi connectivity index (χ1n) is 9.16. The second-order valence-electron chi connectivity index (χ2n) is 6.67. The monoisotopic (exact) mass is 398 g/mol. The van der Waals surface area contributed by atoms with Crippen molar-refractivity contribution in [2.45, 2.75) is 42.7 Å². The Labute approximate surface area is 165 Å². The number of hydrogen-bond donors (Lipinski definition) is 0. The Bertz CT molecular complexity index is 1120. The van der Waals surface area contributed by atoms with E-state index < -0.39 is 17.2 Å². The van der Waals surface area contributed by atoms with E-state index in [9.17, 15) is 14.0 Å². The molecule has 4 rings (SSSR count). The fraction of sp³-hybridized carbons (Fsp3) is 0.286. The Balaban J connectivity index is 1.94. The summed E-state index contributed by atoms with van der Waals surface area (Å²) in [6, 6.07) is 10.7. The van der Waals surface area contributed by atoms with Crippen molar-refractivity contribution in [2.75, 3.05) is 6.61 Å². The highest BCUT2D eigenvalue weighted by atomic mass is 32.2. The molecule has 7 heteroatoms. The summed E-state index contributed by atoms with van der Waals surface area (Å²) in [5, 5.41) is 0.311. The molecule has 0 aliphatic heterocycles. The van der Waals surface area contributed by atoms with Crippen molar-refractivity contribution in [1.29, 1.82) is 0 Å². The number of pyridine rings is 2. The topological polar surface area (TPSA) is 61.2 Å². The van der Waals surface area contributed by atoms with Gasteiger partial charge in [0, 0.05) is 16.6 Å². The number of ether oxygens (including phenoxy) is 1. The molecule has 0 bridgehead atoms. The van der Waals surface area contributed by atoms with Crippen LogP contribution in [0.15, 0.2) is 51.1 Å². The Morgan fingerprint density at radius 3 is 2.68 bits per heavy atom. The van der Waals surface area contributed by atoms with Crippen LogP contribution in [0.25, 0.3) is 11.0 Å².